The molecule has 3 aromatic carbocycles. The van der Waals surface area contributed by atoms with Crippen LogP contribution in [0.1, 0.15) is 10.4 Å². The van der Waals surface area contributed by atoms with Crippen LogP contribution in [0.2, 0.25) is 0 Å². The van der Waals surface area contributed by atoms with E-state index in [1.165, 1.54) is 18.2 Å². The van der Waals surface area contributed by atoms with Gasteiger partial charge in [0, 0.05) is 22.2 Å². The van der Waals surface area contributed by atoms with Crippen molar-refractivity contribution in [2.24, 2.45) is 0 Å². The van der Waals surface area contributed by atoms with Crippen LogP contribution in [0.5, 0.6) is 5.75 Å². The maximum atomic E-state index is 12.1. The summed E-state index contributed by atoms with van der Waals surface area (Å²) in [6, 6.07) is 14.6. The summed E-state index contributed by atoms with van der Waals surface area (Å²) in [5.74, 6) is -0.726. The number of nitrogens with one attached hydrogen (secondary N) is 3. The van der Waals surface area contributed by atoms with Gasteiger partial charge in [-0.15, -0.1) is 0 Å². The highest BCUT2D eigenvalue weighted by Gasteiger charge is 2.13. The smallest absolute Gasteiger partial charge is 0.270 e. The molecule has 0 fully saturated rings. The van der Waals surface area contributed by atoms with Gasteiger partial charge >= 0.3 is 0 Å². The second-order valence-corrected chi connectivity index (χ2v) is 8.41. The van der Waals surface area contributed by atoms with E-state index >= 15 is 0 Å². The van der Waals surface area contributed by atoms with Crippen LogP contribution in [-0.4, -0.2) is 28.5 Å². The van der Waals surface area contributed by atoms with E-state index in [2.05, 4.69) is 48.0 Å². The molecule has 2 amide bonds. The lowest BCUT2D eigenvalue weighted by Gasteiger charge is -2.12. The molecule has 0 aliphatic carbocycles. The number of rotatable bonds is 5. The minimum atomic E-state index is -0.659. The molecule has 32 heavy (non-hydrogen) atoms. The van der Waals surface area contributed by atoms with Crippen LogP contribution >= 0.6 is 44.1 Å². The first-order valence-electron chi connectivity index (χ1n) is 8.90. The molecule has 9 nitrogen and oxygen atoms in total. The third kappa shape index (κ3) is 5.99. The summed E-state index contributed by atoms with van der Waals surface area (Å²) >= 11 is 11.9. The van der Waals surface area contributed by atoms with Crippen LogP contribution in [0.4, 0.5) is 5.69 Å². The van der Waals surface area contributed by atoms with E-state index in [0.717, 1.165) is 21.3 Å². The molecule has 0 aliphatic rings. The Labute approximate surface area is 203 Å². The number of hydrogen-bond donors (Lipinski definition) is 3. The Balaban J connectivity index is 1.50. The number of amides is 2. The normalized spacial score (nSPS) is 10.3. The number of nitro benzene ring substituents is 1. The van der Waals surface area contributed by atoms with Gasteiger partial charge in [0.25, 0.3) is 17.5 Å². The quantitative estimate of drug-likeness (QED) is 0.236. The van der Waals surface area contributed by atoms with E-state index in [4.69, 9.17) is 17.0 Å². The zero-order valence-electron chi connectivity index (χ0n) is 16.1. The lowest BCUT2D eigenvalue weighted by Crippen LogP contribution is -2.49. The van der Waals surface area contributed by atoms with Crippen molar-refractivity contribution >= 4 is 77.5 Å². The molecule has 3 aromatic rings. The van der Waals surface area contributed by atoms with Crippen molar-refractivity contribution in [3.8, 4) is 5.75 Å². The second-order valence-electron chi connectivity index (χ2n) is 6.30. The Hall–Kier alpha value is -3.09. The monoisotopic (exact) mass is 580 g/mol. The molecule has 0 saturated heterocycles. The molecule has 0 aromatic heterocycles. The zero-order valence-corrected chi connectivity index (χ0v) is 20.0. The zero-order chi connectivity index (χ0) is 23.3. The summed E-state index contributed by atoms with van der Waals surface area (Å²) in [5, 5.41) is 14.9. The summed E-state index contributed by atoms with van der Waals surface area (Å²) < 4.78 is 7.22. The van der Waals surface area contributed by atoms with E-state index in [9.17, 15) is 19.7 Å². The molecule has 0 unspecified atom stereocenters. The predicted molar refractivity (Wildman–Crippen MR) is 129 cm³/mol. The van der Waals surface area contributed by atoms with Gasteiger partial charge in [-0.05, 0) is 63.2 Å². The number of benzene rings is 3. The Morgan fingerprint density at radius 1 is 1.06 bits per heavy atom. The number of non-ortho nitro benzene ring substituents is 1. The predicted octanol–water partition coefficient (Wildman–Crippen LogP) is 3.99. The third-order valence-corrected chi connectivity index (χ3v) is 5.62. The fourth-order valence-electron chi connectivity index (χ4n) is 2.64. The number of nitrogens with zero attached hydrogens (tertiary/aromatic N) is 1. The van der Waals surface area contributed by atoms with Crippen LogP contribution < -0.4 is 20.9 Å². The van der Waals surface area contributed by atoms with Gasteiger partial charge in [-0.1, -0.05) is 34.1 Å². The van der Waals surface area contributed by atoms with Crippen molar-refractivity contribution < 1.29 is 19.2 Å². The lowest BCUT2D eigenvalue weighted by atomic mass is 10.1. The van der Waals surface area contributed by atoms with Crippen molar-refractivity contribution in [3.63, 3.8) is 0 Å². The van der Waals surface area contributed by atoms with Crippen molar-refractivity contribution in [1.29, 1.82) is 0 Å². The van der Waals surface area contributed by atoms with Gasteiger partial charge < -0.3 is 4.74 Å². The largest absolute Gasteiger partial charge is 0.483 e. The van der Waals surface area contributed by atoms with Crippen LogP contribution in [0.3, 0.4) is 0 Å². The Morgan fingerprint density at radius 3 is 2.59 bits per heavy atom. The highest BCUT2D eigenvalue weighted by molar-refractivity contribution is 9.11. The van der Waals surface area contributed by atoms with E-state index in [-0.39, 0.29) is 23.0 Å². The van der Waals surface area contributed by atoms with Gasteiger partial charge in [-0.3, -0.25) is 35.9 Å². The van der Waals surface area contributed by atoms with E-state index in [1.54, 1.807) is 6.07 Å². The maximum Gasteiger partial charge on any atom is 0.270 e. The van der Waals surface area contributed by atoms with E-state index in [1.807, 2.05) is 24.3 Å². The molecular weight excluding hydrogens is 568 g/mol. The molecule has 0 heterocycles. The highest BCUT2D eigenvalue weighted by atomic mass is 79.9. The van der Waals surface area contributed by atoms with Crippen LogP contribution in [-0.2, 0) is 4.79 Å². The number of hydrazine groups is 1. The fourth-order valence-corrected chi connectivity index (χ4v) is 3.79. The minimum absolute atomic E-state index is 0.0531. The van der Waals surface area contributed by atoms with Gasteiger partial charge in [-0.25, -0.2) is 0 Å². The van der Waals surface area contributed by atoms with Gasteiger partial charge in [-0.2, -0.15) is 0 Å². The van der Waals surface area contributed by atoms with Crippen LogP contribution in [0.25, 0.3) is 10.8 Å². The number of carbonyl (C=O) groups is 2. The molecule has 0 radical (unpaired) electrons. The average Bonchev–Trinajstić information content (AvgIpc) is 2.77. The van der Waals surface area contributed by atoms with Crippen molar-refractivity contribution in [1.82, 2.24) is 16.2 Å². The summed E-state index contributed by atoms with van der Waals surface area (Å²) in [4.78, 5) is 34.4. The number of carbonyl (C=O) groups excluding carboxylic acids is 2. The van der Waals surface area contributed by atoms with Crippen molar-refractivity contribution in [3.05, 3.63) is 79.2 Å². The summed E-state index contributed by atoms with van der Waals surface area (Å²) in [7, 11) is 0. The molecule has 3 N–H and O–H groups in total. The number of ether oxygens (including phenoxy) is 1. The van der Waals surface area contributed by atoms with Crippen LogP contribution in [0, 0.1) is 10.1 Å². The molecule has 3 rings (SSSR count). The minimum Gasteiger partial charge on any atom is -0.483 e. The molecule has 0 aliphatic heterocycles. The topological polar surface area (TPSA) is 123 Å². The second kappa shape index (κ2) is 10.5. The highest BCUT2D eigenvalue weighted by Crippen LogP contribution is 2.34. The standard InChI is InChI=1S/C20H14Br2N4O5S/c21-13-5-6-15-11(8-13)4-7-16(18(15)22)31-10-17(27)23-20(32)25-24-19(28)12-2-1-3-14(9-12)26(29)30/h1-9H,10H2,(H,24,28)(H2,23,25,27,32). The number of nitro groups is 1. The molecule has 12 heteroatoms. The van der Waals surface area contributed by atoms with E-state index < -0.39 is 16.7 Å². The lowest BCUT2D eigenvalue weighted by molar-refractivity contribution is -0.384. The first-order chi connectivity index (χ1) is 15.2. The van der Waals surface area contributed by atoms with Crippen molar-refractivity contribution in [2.45, 2.75) is 0 Å². The number of fused-ring (bicyclic) bond motifs is 1. The molecule has 0 spiro atoms. The van der Waals surface area contributed by atoms with Crippen molar-refractivity contribution in [2.75, 3.05) is 6.61 Å². The molecule has 0 atom stereocenters. The van der Waals surface area contributed by atoms with Crippen LogP contribution in [0.15, 0.2) is 63.5 Å². The van der Waals surface area contributed by atoms with Gasteiger partial charge in [0.2, 0.25) is 0 Å². The molecule has 164 valence electrons. The molecule has 0 bridgehead atoms. The Kier molecular flexibility index (Phi) is 7.72. The first-order valence-corrected chi connectivity index (χ1v) is 10.9. The van der Waals surface area contributed by atoms with E-state index in [0.29, 0.717) is 10.2 Å². The summed E-state index contributed by atoms with van der Waals surface area (Å²) in [6.07, 6.45) is 0. The average molecular weight is 582 g/mol. The number of hydrogen-bond acceptors (Lipinski definition) is 6. The van der Waals surface area contributed by atoms with Gasteiger partial charge in [0.05, 0.1) is 9.40 Å². The SMILES string of the molecule is O=C(COc1ccc2cc(Br)ccc2c1Br)NC(=S)NNC(=O)c1cccc([N+](=O)[O-])c1. The summed E-state index contributed by atoms with van der Waals surface area (Å²) in [5.41, 5.74) is 4.45. The Morgan fingerprint density at radius 2 is 1.84 bits per heavy atom. The third-order valence-electron chi connectivity index (χ3n) is 4.10. The summed E-state index contributed by atoms with van der Waals surface area (Å²) in [6.45, 7) is -0.318. The molecular formula is C20H14Br2N4O5S. The van der Waals surface area contributed by atoms with Gasteiger partial charge in [0.1, 0.15) is 5.75 Å². The number of thiocarbonyl (C=S) groups is 1. The van der Waals surface area contributed by atoms with Gasteiger partial charge in [0.15, 0.2) is 11.7 Å². The first kappa shape index (κ1) is 23.6. The maximum absolute atomic E-state index is 12.1. The number of halogens is 2. The molecule has 0 saturated carbocycles. The Bertz CT molecular complexity index is 1240. The fraction of sp³-hybridized carbons (Fsp3) is 0.0500.